The van der Waals surface area contributed by atoms with Crippen molar-refractivity contribution >= 4 is 38.9 Å². The molecule has 1 aromatic heterocycles. The van der Waals surface area contributed by atoms with Crippen molar-refractivity contribution in [2.45, 2.75) is 0 Å². The molecule has 56 heavy (non-hydrogen) atoms. The summed E-state index contributed by atoms with van der Waals surface area (Å²) in [6.45, 7) is 0. The number of rotatable bonds is 8. The molecule has 0 fully saturated rings. The van der Waals surface area contributed by atoms with Crippen LogP contribution in [0.25, 0.3) is 72.0 Å². The molecule has 0 spiro atoms. The molecule has 0 atom stereocenters. The molecule has 0 saturated heterocycles. The number of benzene rings is 9. The first-order valence-corrected chi connectivity index (χ1v) is 19.2. The fraction of sp³-hybridized carbons (Fsp3) is 0. The van der Waals surface area contributed by atoms with E-state index in [9.17, 15) is 0 Å². The minimum absolute atomic E-state index is 1.10. The minimum Gasteiger partial charge on any atom is -0.311 e. The molecule has 0 unspecified atom stereocenters. The number of anilines is 3. The van der Waals surface area contributed by atoms with E-state index in [-0.39, 0.29) is 0 Å². The van der Waals surface area contributed by atoms with Crippen molar-refractivity contribution in [1.82, 2.24) is 4.57 Å². The highest BCUT2D eigenvalue weighted by Crippen LogP contribution is 2.40. The van der Waals surface area contributed by atoms with E-state index >= 15 is 0 Å². The third-order valence-corrected chi connectivity index (χ3v) is 10.8. The van der Waals surface area contributed by atoms with Crippen molar-refractivity contribution in [3.63, 3.8) is 0 Å². The fourth-order valence-corrected chi connectivity index (χ4v) is 8.08. The summed E-state index contributed by atoms with van der Waals surface area (Å²) in [6.07, 6.45) is 0. The number of para-hydroxylation sites is 3. The van der Waals surface area contributed by atoms with Crippen LogP contribution in [0, 0.1) is 0 Å². The molecule has 2 nitrogen and oxygen atoms in total. The van der Waals surface area contributed by atoms with Crippen LogP contribution < -0.4 is 4.90 Å². The molecule has 0 aliphatic carbocycles. The number of aromatic nitrogens is 1. The Labute approximate surface area is 327 Å². The van der Waals surface area contributed by atoms with Crippen LogP contribution in [0.2, 0.25) is 0 Å². The largest absolute Gasteiger partial charge is 0.311 e. The molecule has 0 N–H and O–H groups in total. The number of nitrogens with zero attached hydrogens (tertiary/aromatic N) is 2. The van der Waals surface area contributed by atoms with Crippen LogP contribution in [0.15, 0.2) is 231 Å². The summed E-state index contributed by atoms with van der Waals surface area (Å²) >= 11 is 0. The van der Waals surface area contributed by atoms with Gasteiger partial charge in [-0.3, -0.25) is 0 Å². The van der Waals surface area contributed by atoms with Gasteiger partial charge in [0.2, 0.25) is 0 Å². The Morgan fingerprint density at radius 1 is 0.268 bits per heavy atom. The molecule has 10 aromatic rings. The van der Waals surface area contributed by atoms with Crippen molar-refractivity contribution in [3.8, 4) is 50.2 Å². The maximum Gasteiger partial charge on any atom is 0.0541 e. The van der Waals surface area contributed by atoms with Crippen LogP contribution in [0.3, 0.4) is 0 Å². The molecule has 0 radical (unpaired) electrons. The molecule has 0 aliphatic rings. The van der Waals surface area contributed by atoms with Crippen LogP contribution in [0.1, 0.15) is 0 Å². The van der Waals surface area contributed by atoms with E-state index in [1.807, 2.05) is 0 Å². The zero-order valence-electron chi connectivity index (χ0n) is 30.8. The normalized spacial score (nSPS) is 11.2. The van der Waals surface area contributed by atoms with Gasteiger partial charge in [-0.05, 0) is 106 Å². The quantitative estimate of drug-likeness (QED) is 0.152. The Balaban J connectivity index is 1.04. The molecule has 9 aromatic carbocycles. The predicted octanol–water partition coefficient (Wildman–Crippen LogP) is 14.9. The second-order valence-corrected chi connectivity index (χ2v) is 14.2. The zero-order chi connectivity index (χ0) is 37.3. The van der Waals surface area contributed by atoms with E-state index in [0.717, 1.165) is 28.3 Å². The summed E-state index contributed by atoms with van der Waals surface area (Å²) in [5.74, 6) is 0. The highest BCUT2D eigenvalue weighted by atomic mass is 15.1. The first kappa shape index (κ1) is 33.2. The van der Waals surface area contributed by atoms with Gasteiger partial charge in [0.25, 0.3) is 0 Å². The van der Waals surface area contributed by atoms with Gasteiger partial charge in [0, 0.05) is 33.4 Å². The Kier molecular flexibility index (Phi) is 8.55. The Morgan fingerprint density at radius 3 is 1.41 bits per heavy atom. The summed E-state index contributed by atoms with van der Waals surface area (Å²) in [4.78, 5) is 2.32. The van der Waals surface area contributed by atoms with Gasteiger partial charge in [0.1, 0.15) is 0 Å². The first-order chi connectivity index (χ1) is 27.8. The Bertz CT molecular complexity index is 2930. The molecule has 0 aliphatic heterocycles. The van der Waals surface area contributed by atoms with Crippen LogP contribution in [-0.4, -0.2) is 4.57 Å². The molecule has 2 heteroatoms. The van der Waals surface area contributed by atoms with Crippen molar-refractivity contribution in [3.05, 3.63) is 231 Å². The van der Waals surface area contributed by atoms with Crippen LogP contribution in [0.4, 0.5) is 17.1 Å². The fourth-order valence-electron chi connectivity index (χ4n) is 8.08. The molecule has 10 rings (SSSR count). The lowest BCUT2D eigenvalue weighted by Gasteiger charge is -2.26. The summed E-state index contributed by atoms with van der Waals surface area (Å²) in [7, 11) is 0. The van der Waals surface area contributed by atoms with E-state index in [1.165, 1.54) is 60.8 Å². The number of hydrogen-bond acceptors (Lipinski definition) is 1. The van der Waals surface area contributed by atoms with E-state index in [1.54, 1.807) is 0 Å². The van der Waals surface area contributed by atoms with Crippen molar-refractivity contribution < 1.29 is 0 Å². The minimum atomic E-state index is 1.10. The van der Waals surface area contributed by atoms with Gasteiger partial charge in [0.05, 0.1) is 16.7 Å². The average molecular weight is 715 g/mol. The van der Waals surface area contributed by atoms with E-state index in [4.69, 9.17) is 0 Å². The third-order valence-electron chi connectivity index (χ3n) is 10.8. The molecular formula is C54H38N2. The maximum atomic E-state index is 2.43. The van der Waals surface area contributed by atoms with E-state index in [0.29, 0.717) is 0 Å². The lowest BCUT2D eigenvalue weighted by atomic mass is 9.98. The van der Waals surface area contributed by atoms with Gasteiger partial charge in [-0.1, -0.05) is 164 Å². The summed E-state index contributed by atoms with van der Waals surface area (Å²) < 4.78 is 2.43. The van der Waals surface area contributed by atoms with Crippen LogP contribution >= 0.6 is 0 Å². The van der Waals surface area contributed by atoms with Crippen molar-refractivity contribution in [2.75, 3.05) is 4.90 Å². The van der Waals surface area contributed by atoms with Gasteiger partial charge >= 0.3 is 0 Å². The standard InChI is InChI=1S/C54H38N2/c1-4-15-39(16-5-1)41-27-32-47(33-28-41)55(46-21-8-3-9-22-46)48-34-29-42(30-35-48)49-23-10-12-25-52(49)56-53-26-13-11-24-50(53)51-38-45(31-36-54(51)56)44-20-14-19-43(37-44)40-17-6-2-7-18-40/h1-38H. The maximum absolute atomic E-state index is 2.43. The molecule has 0 saturated carbocycles. The molecule has 264 valence electrons. The smallest absolute Gasteiger partial charge is 0.0541 e. The average Bonchev–Trinajstić information content (AvgIpc) is 3.61. The van der Waals surface area contributed by atoms with Crippen LogP contribution in [0.5, 0.6) is 0 Å². The van der Waals surface area contributed by atoms with Crippen LogP contribution in [-0.2, 0) is 0 Å². The number of fused-ring (bicyclic) bond motifs is 3. The highest BCUT2D eigenvalue weighted by molar-refractivity contribution is 6.11. The third kappa shape index (κ3) is 6.14. The first-order valence-electron chi connectivity index (χ1n) is 19.2. The molecule has 0 amide bonds. The summed E-state index contributed by atoms with van der Waals surface area (Å²) in [5, 5.41) is 2.48. The second kappa shape index (κ2) is 14.4. The molecule has 0 bridgehead atoms. The SMILES string of the molecule is c1ccc(-c2ccc(N(c3ccccc3)c3ccc(-c4ccccc4-n4c5ccccc5c5cc(-c6cccc(-c7ccccc7)c6)ccc54)cc3)cc2)cc1. The molecule has 1 heterocycles. The lowest BCUT2D eigenvalue weighted by Crippen LogP contribution is -2.09. The monoisotopic (exact) mass is 714 g/mol. The van der Waals surface area contributed by atoms with Gasteiger partial charge in [0.15, 0.2) is 0 Å². The topological polar surface area (TPSA) is 8.17 Å². The zero-order valence-corrected chi connectivity index (χ0v) is 30.8. The van der Waals surface area contributed by atoms with Crippen molar-refractivity contribution in [2.24, 2.45) is 0 Å². The molecular weight excluding hydrogens is 677 g/mol. The highest BCUT2D eigenvalue weighted by Gasteiger charge is 2.18. The Hall–Kier alpha value is -7.42. The van der Waals surface area contributed by atoms with E-state index < -0.39 is 0 Å². The summed E-state index contributed by atoms with van der Waals surface area (Å²) in [5.41, 5.74) is 16.5. The van der Waals surface area contributed by atoms with Crippen molar-refractivity contribution in [1.29, 1.82) is 0 Å². The van der Waals surface area contributed by atoms with E-state index in [2.05, 4.69) is 240 Å². The lowest BCUT2D eigenvalue weighted by molar-refractivity contribution is 1.18. The summed E-state index contributed by atoms with van der Waals surface area (Å²) in [6, 6.07) is 82.9. The van der Waals surface area contributed by atoms with Gasteiger partial charge in [-0.25, -0.2) is 0 Å². The predicted molar refractivity (Wildman–Crippen MR) is 237 cm³/mol. The van der Waals surface area contributed by atoms with Gasteiger partial charge in [-0.15, -0.1) is 0 Å². The van der Waals surface area contributed by atoms with Gasteiger partial charge < -0.3 is 9.47 Å². The van der Waals surface area contributed by atoms with Gasteiger partial charge in [-0.2, -0.15) is 0 Å². The second-order valence-electron chi connectivity index (χ2n) is 14.2. The number of hydrogen-bond donors (Lipinski definition) is 0. The Morgan fingerprint density at radius 2 is 0.714 bits per heavy atom.